The molecule has 1 heterocycles. The summed E-state index contributed by atoms with van der Waals surface area (Å²) in [5.74, 6) is 0.341. The molecule has 0 saturated carbocycles. The SMILES string of the molecule is Cc1ccc2c(c1)S(=O)(=O)N=C(c1ccc(Cl)cc1)O2. The van der Waals surface area contributed by atoms with Gasteiger partial charge in [0.25, 0.3) is 10.0 Å². The molecule has 6 heteroatoms. The predicted molar refractivity (Wildman–Crippen MR) is 77.0 cm³/mol. The van der Waals surface area contributed by atoms with Crippen molar-refractivity contribution in [1.29, 1.82) is 0 Å². The number of halogens is 1. The average Bonchev–Trinajstić information content (AvgIpc) is 2.40. The molecule has 2 aromatic rings. The Morgan fingerprint density at radius 3 is 2.50 bits per heavy atom. The van der Waals surface area contributed by atoms with Crippen LogP contribution in [0.5, 0.6) is 5.75 Å². The van der Waals surface area contributed by atoms with Crippen molar-refractivity contribution in [2.75, 3.05) is 0 Å². The molecule has 0 atom stereocenters. The summed E-state index contributed by atoms with van der Waals surface area (Å²) in [6.07, 6.45) is 0. The number of hydrogen-bond donors (Lipinski definition) is 0. The Kier molecular flexibility index (Phi) is 3.03. The Bertz CT molecular complexity index is 811. The summed E-state index contributed by atoms with van der Waals surface area (Å²) in [4.78, 5) is 0.0928. The summed E-state index contributed by atoms with van der Waals surface area (Å²) in [6.45, 7) is 1.81. The molecule has 0 N–H and O–H groups in total. The molecular formula is C14H10ClNO3S. The van der Waals surface area contributed by atoms with Crippen molar-refractivity contribution in [2.45, 2.75) is 11.8 Å². The quantitative estimate of drug-likeness (QED) is 0.813. The van der Waals surface area contributed by atoms with Gasteiger partial charge in [-0.3, -0.25) is 0 Å². The number of ether oxygens (including phenoxy) is 1. The summed E-state index contributed by atoms with van der Waals surface area (Å²) >= 11 is 5.81. The van der Waals surface area contributed by atoms with Gasteiger partial charge in [0.1, 0.15) is 10.6 Å². The van der Waals surface area contributed by atoms with Crippen LogP contribution in [-0.4, -0.2) is 14.3 Å². The highest BCUT2D eigenvalue weighted by atomic mass is 35.5. The summed E-state index contributed by atoms with van der Waals surface area (Å²) in [5.41, 5.74) is 1.39. The Labute approximate surface area is 121 Å². The molecule has 102 valence electrons. The van der Waals surface area contributed by atoms with Gasteiger partial charge in [0.05, 0.1) is 0 Å². The summed E-state index contributed by atoms with van der Waals surface area (Å²) in [5, 5.41) is 0.559. The van der Waals surface area contributed by atoms with Crippen LogP contribution in [0.3, 0.4) is 0 Å². The van der Waals surface area contributed by atoms with E-state index >= 15 is 0 Å². The van der Waals surface area contributed by atoms with E-state index in [-0.39, 0.29) is 16.5 Å². The monoisotopic (exact) mass is 307 g/mol. The minimum absolute atomic E-state index is 0.0537. The van der Waals surface area contributed by atoms with Crippen molar-refractivity contribution in [1.82, 2.24) is 0 Å². The lowest BCUT2D eigenvalue weighted by atomic mass is 10.2. The lowest BCUT2D eigenvalue weighted by Gasteiger charge is -2.17. The number of hydrogen-bond acceptors (Lipinski definition) is 3. The van der Waals surface area contributed by atoms with Gasteiger partial charge in [0.15, 0.2) is 0 Å². The molecule has 0 amide bonds. The second-order valence-electron chi connectivity index (χ2n) is 4.43. The Hall–Kier alpha value is -1.85. The van der Waals surface area contributed by atoms with Gasteiger partial charge >= 0.3 is 0 Å². The van der Waals surface area contributed by atoms with E-state index in [1.54, 1.807) is 42.5 Å². The van der Waals surface area contributed by atoms with Crippen LogP contribution in [0.25, 0.3) is 0 Å². The van der Waals surface area contributed by atoms with E-state index in [9.17, 15) is 8.42 Å². The zero-order valence-electron chi connectivity index (χ0n) is 10.5. The van der Waals surface area contributed by atoms with E-state index < -0.39 is 10.0 Å². The van der Waals surface area contributed by atoms with Gasteiger partial charge in [0.2, 0.25) is 5.90 Å². The van der Waals surface area contributed by atoms with Gasteiger partial charge in [-0.2, -0.15) is 8.42 Å². The normalized spacial score (nSPS) is 16.0. The van der Waals surface area contributed by atoms with Crippen LogP contribution in [0.4, 0.5) is 0 Å². The number of sulfonamides is 1. The highest BCUT2D eigenvalue weighted by Gasteiger charge is 2.27. The second-order valence-corrected chi connectivity index (χ2v) is 6.44. The van der Waals surface area contributed by atoms with E-state index in [0.29, 0.717) is 10.6 Å². The molecule has 20 heavy (non-hydrogen) atoms. The average molecular weight is 308 g/mol. The largest absolute Gasteiger partial charge is 0.436 e. The molecule has 0 spiro atoms. The molecule has 0 bridgehead atoms. The molecule has 0 aromatic heterocycles. The van der Waals surface area contributed by atoms with E-state index in [1.165, 1.54) is 0 Å². The number of fused-ring (bicyclic) bond motifs is 1. The molecule has 1 aliphatic rings. The van der Waals surface area contributed by atoms with Crippen LogP contribution in [0.2, 0.25) is 5.02 Å². The minimum Gasteiger partial charge on any atom is -0.436 e. The van der Waals surface area contributed by atoms with Crippen molar-refractivity contribution in [3.05, 3.63) is 58.6 Å². The zero-order valence-corrected chi connectivity index (χ0v) is 12.1. The van der Waals surface area contributed by atoms with Crippen LogP contribution < -0.4 is 4.74 Å². The molecule has 0 unspecified atom stereocenters. The second kappa shape index (κ2) is 4.61. The van der Waals surface area contributed by atoms with Gasteiger partial charge in [-0.25, -0.2) is 0 Å². The Morgan fingerprint density at radius 2 is 1.80 bits per heavy atom. The first kappa shape index (κ1) is 13.1. The van der Waals surface area contributed by atoms with E-state index in [1.807, 2.05) is 6.92 Å². The topological polar surface area (TPSA) is 55.7 Å². The fourth-order valence-electron chi connectivity index (χ4n) is 1.89. The van der Waals surface area contributed by atoms with E-state index in [0.717, 1.165) is 5.56 Å². The third-order valence-corrected chi connectivity index (χ3v) is 4.41. The van der Waals surface area contributed by atoms with Crippen LogP contribution in [-0.2, 0) is 10.0 Å². The highest BCUT2D eigenvalue weighted by Crippen LogP contribution is 2.31. The molecule has 2 aromatic carbocycles. The first-order valence-electron chi connectivity index (χ1n) is 5.85. The molecule has 0 saturated heterocycles. The molecule has 0 fully saturated rings. The summed E-state index contributed by atoms with van der Waals surface area (Å²) in [7, 11) is -3.74. The third-order valence-electron chi connectivity index (χ3n) is 2.88. The van der Waals surface area contributed by atoms with Crippen molar-refractivity contribution in [3.63, 3.8) is 0 Å². The molecule has 0 radical (unpaired) electrons. The fourth-order valence-corrected chi connectivity index (χ4v) is 3.17. The first-order chi connectivity index (χ1) is 9.45. The lowest BCUT2D eigenvalue weighted by Crippen LogP contribution is -2.19. The van der Waals surface area contributed by atoms with Crippen LogP contribution >= 0.6 is 11.6 Å². The summed E-state index contributed by atoms with van der Waals surface area (Å²) in [6, 6.07) is 11.6. The maximum absolute atomic E-state index is 12.2. The molecule has 1 aliphatic heterocycles. The zero-order chi connectivity index (χ0) is 14.3. The molecule has 0 aliphatic carbocycles. The van der Waals surface area contributed by atoms with Crippen LogP contribution in [0.1, 0.15) is 11.1 Å². The maximum Gasteiger partial charge on any atom is 0.289 e. The Morgan fingerprint density at radius 1 is 1.10 bits per heavy atom. The standard InChI is InChI=1S/C14H10ClNO3S/c1-9-2-7-12-13(8-9)20(17,18)16-14(19-12)10-3-5-11(15)6-4-10/h2-8H,1H3. The van der Waals surface area contributed by atoms with Gasteiger partial charge in [-0.05, 0) is 48.9 Å². The fraction of sp³-hybridized carbons (Fsp3) is 0.0714. The van der Waals surface area contributed by atoms with Crippen LogP contribution in [0.15, 0.2) is 51.8 Å². The number of nitrogens with zero attached hydrogens (tertiary/aromatic N) is 1. The first-order valence-corrected chi connectivity index (χ1v) is 7.67. The van der Waals surface area contributed by atoms with Crippen molar-refractivity contribution >= 4 is 27.5 Å². The third kappa shape index (κ3) is 2.30. The van der Waals surface area contributed by atoms with Crippen molar-refractivity contribution in [2.24, 2.45) is 4.40 Å². The lowest BCUT2D eigenvalue weighted by molar-refractivity contribution is 0.518. The number of aryl methyl sites for hydroxylation is 1. The summed E-state index contributed by atoms with van der Waals surface area (Å²) < 4.78 is 33.7. The van der Waals surface area contributed by atoms with Gasteiger partial charge < -0.3 is 4.74 Å². The van der Waals surface area contributed by atoms with Crippen molar-refractivity contribution in [3.8, 4) is 5.75 Å². The number of benzene rings is 2. The van der Waals surface area contributed by atoms with E-state index in [4.69, 9.17) is 16.3 Å². The minimum atomic E-state index is -3.74. The molecular weight excluding hydrogens is 298 g/mol. The molecule has 3 rings (SSSR count). The predicted octanol–water partition coefficient (Wildman–Crippen LogP) is 3.18. The smallest absolute Gasteiger partial charge is 0.289 e. The number of rotatable bonds is 1. The van der Waals surface area contributed by atoms with Crippen LogP contribution in [0, 0.1) is 6.92 Å². The van der Waals surface area contributed by atoms with Gasteiger partial charge in [0, 0.05) is 10.6 Å². The molecule has 4 nitrogen and oxygen atoms in total. The van der Waals surface area contributed by atoms with Crippen molar-refractivity contribution < 1.29 is 13.2 Å². The maximum atomic E-state index is 12.2. The Balaban J connectivity index is 2.12. The van der Waals surface area contributed by atoms with E-state index in [2.05, 4.69) is 4.40 Å². The van der Waals surface area contributed by atoms with Gasteiger partial charge in [-0.1, -0.05) is 17.7 Å². The highest BCUT2D eigenvalue weighted by molar-refractivity contribution is 7.90. The van der Waals surface area contributed by atoms with Gasteiger partial charge in [-0.15, -0.1) is 4.40 Å².